The fraction of sp³-hybridized carbons (Fsp3) is 0.391. The number of hydrogen-bond donors (Lipinski definition) is 1. The van der Waals surface area contributed by atoms with Gasteiger partial charge in [-0.05, 0) is 32.0 Å². The van der Waals surface area contributed by atoms with Crippen molar-refractivity contribution in [1.29, 1.82) is 0 Å². The topological polar surface area (TPSA) is 94.4 Å². The van der Waals surface area contributed by atoms with Gasteiger partial charge in [0.25, 0.3) is 5.91 Å². The molecule has 3 heterocycles. The highest BCUT2D eigenvalue weighted by Crippen LogP contribution is 2.35. The Morgan fingerprint density at radius 2 is 1.94 bits per heavy atom. The van der Waals surface area contributed by atoms with Gasteiger partial charge in [0.05, 0.1) is 19.4 Å². The van der Waals surface area contributed by atoms with E-state index in [-0.39, 0.29) is 5.69 Å². The molecule has 2 aromatic heterocycles. The Kier molecular flexibility index (Phi) is 6.95. The van der Waals surface area contributed by atoms with E-state index in [1.54, 1.807) is 18.2 Å². The van der Waals surface area contributed by atoms with Gasteiger partial charge >= 0.3 is 0 Å². The Bertz CT molecular complexity index is 1100. The number of nitrogens with one attached hydrogen (secondary N) is 1. The number of nitrogens with zero attached hydrogens (tertiary/aromatic N) is 5. The summed E-state index contributed by atoms with van der Waals surface area (Å²) < 4.78 is 26.7. The molecule has 0 saturated carbocycles. The molecule has 0 radical (unpaired) electrons. The van der Waals surface area contributed by atoms with E-state index in [0.29, 0.717) is 18.0 Å². The van der Waals surface area contributed by atoms with Crippen molar-refractivity contribution < 1.29 is 18.7 Å². The Labute approximate surface area is 191 Å². The molecule has 0 atom stereocenters. The first-order chi connectivity index (χ1) is 15.9. The third kappa shape index (κ3) is 5.18. The lowest BCUT2D eigenvalue weighted by atomic mass is 10.0. The number of rotatable bonds is 7. The number of ether oxygens (including phenoxy) is 2. The zero-order valence-corrected chi connectivity index (χ0v) is 19.0. The third-order valence-electron chi connectivity index (χ3n) is 5.61. The van der Waals surface area contributed by atoms with Crippen LogP contribution >= 0.6 is 0 Å². The second kappa shape index (κ2) is 10.1. The fourth-order valence-corrected chi connectivity index (χ4v) is 3.88. The second-order valence-electron chi connectivity index (χ2n) is 7.85. The molecular weight excluding hydrogens is 427 g/mol. The van der Waals surface area contributed by atoms with E-state index in [9.17, 15) is 9.18 Å². The molecule has 3 aromatic rings. The summed E-state index contributed by atoms with van der Waals surface area (Å²) in [6, 6.07) is 5.33. The van der Waals surface area contributed by atoms with Gasteiger partial charge in [-0.3, -0.25) is 14.4 Å². The van der Waals surface area contributed by atoms with Crippen LogP contribution in [0.5, 0.6) is 5.75 Å². The quantitative estimate of drug-likeness (QED) is 0.586. The van der Waals surface area contributed by atoms with Crippen LogP contribution in [0.2, 0.25) is 0 Å². The van der Waals surface area contributed by atoms with Crippen LogP contribution in [0.1, 0.15) is 21.9 Å². The van der Waals surface area contributed by atoms with Crippen LogP contribution in [0, 0.1) is 19.7 Å². The number of benzene rings is 1. The third-order valence-corrected chi connectivity index (χ3v) is 5.61. The number of morpholine rings is 1. The number of anilines is 1. The van der Waals surface area contributed by atoms with Crippen LogP contribution in [0.25, 0.3) is 11.1 Å². The van der Waals surface area contributed by atoms with E-state index in [4.69, 9.17) is 9.47 Å². The highest BCUT2D eigenvalue weighted by atomic mass is 19.1. The molecule has 9 nitrogen and oxygen atoms in total. The number of carbonyl (C=O) groups excluding carboxylic acids is 1. The van der Waals surface area contributed by atoms with Crippen molar-refractivity contribution in [3.63, 3.8) is 0 Å². The van der Waals surface area contributed by atoms with Gasteiger partial charge in [-0.25, -0.2) is 14.4 Å². The van der Waals surface area contributed by atoms with E-state index < -0.39 is 11.7 Å². The van der Waals surface area contributed by atoms with Gasteiger partial charge in [0, 0.05) is 54.9 Å². The van der Waals surface area contributed by atoms with Gasteiger partial charge in [-0.1, -0.05) is 0 Å². The minimum atomic E-state index is -0.679. The number of carbonyl (C=O) groups is 1. The predicted octanol–water partition coefficient (Wildman–Crippen LogP) is 2.60. The van der Waals surface area contributed by atoms with Crippen LogP contribution < -0.4 is 10.1 Å². The molecule has 0 bridgehead atoms. The van der Waals surface area contributed by atoms with Crippen LogP contribution in [-0.2, 0) is 11.8 Å². The zero-order valence-electron chi connectivity index (χ0n) is 19.0. The van der Waals surface area contributed by atoms with Crippen molar-refractivity contribution in [3.05, 3.63) is 53.6 Å². The molecule has 1 N–H and O–H groups in total. The summed E-state index contributed by atoms with van der Waals surface area (Å²) in [6.07, 6.45) is 2.53. The second-order valence-corrected chi connectivity index (χ2v) is 7.85. The average molecular weight is 455 g/mol. The van der Waals surface area contributed by atoms with Crippen molar-refractivity contribution in [1.82, 2.24) is 24.6 Å². The summed E-state index contributed by atoms with van der Waals surface area (Å²) in [6.45, 7) is 8.32. The summed E-state index contributed by atoms with van der Waals surface area (Å²) in [4.78, 5) is 23.6. The van der Waals surface area contributed by atoms with Gasteiger partial charge in [-0.15, -0.1) is 0 Å². The van der Waals surface area contributed by atoms with Gasteiger partial charge in [-0.2, -0.15) is 5.10 Å². The molecule has 0 aliphatic carbocycles. The first-order valence-electron chi connectivity index (χ1n) is 10.8. The largest absolute Gasteiger partial charge is 0.492 e. The van der Waals surface area contributed by atoms with Crippen LogP contribution in [0.15, 0.2) is 30.7 Å². The number of aromatic nitrogens is 4. The number of amides is 1. The highest BCUT2D eigenvalue weighted by Gasteiger charge is 2.20. The summed E-state index contributed by atoms with van der Waals surface area (Å²) in [7, 11) is 1.52. The standard InChI is InChI=1S/C23H27FN6O3/c1-15-21(16(2)26-14-25-15)18-12-17(28-23(31)22-19(24)13-27-29(22)3)4-5-20(18)33-11-8-30-6-9-32-10-7-30/h4-5,12-14H,6-11H2,1-3H3,(H,28,31). The molecule has 0 spiro atoms. The van der Waals surface area contributed by atoms with E-state index in [1.807, 2.05) is 13.8 Å². The molecule has 1 fully saturated rings. The smallest absolute Gasteiger partial charge is 0.276 e. The van der Waals surface area contributed by atoms with Crippen molar-refractivity contribution in [2.24, 2.45) is 7.05 Å². The number of aryl methyl sites for hydroxylation is 3. The predicted molar refractivity (Wildman–Crippen MR) is 121 cm³/mol. The first-order valence-corrected chi connectivity index (χ1v) is 10.8. The van der Waals surface area contributed by atoms with Gasteiger partial charge in [0.15, 0.2) is 11.5 Å². The first kappa shape index (κ1) is 22.8. The highest BCUT2D eigenvalue weighted by molar-refractivity contribution is 6.03. The minimum Gasteiger partial charge on any atom is -0.492 e. The molecule has 4 rings (SSSR count). The summed E-state index contributed by atoms with van der Waals surface area (Å²) in [5, 5.41) is 6.54. The molecule has 1 saturated heterocycles. The minimum absolute atomic E-state index is 0.141. The number of hydrogen-bond acceptors (Lipinski definition) is 7. The molecular formula is C23H27FN6O3. The summed E-state index contributed by atoms with van der Waals surface area (Å²) in [5.41, 5.74) is 3.54. The fourth-order valence-electron chi connectivity index (χ4n) is 3.88. The molecule has 1 aliphatic rings. The average Bonchev–Trinajstić information content (AvgIpc) is 3.13. The molecule has 1 aliphatic heterocycles. The van der Waals surface area contributed by atoms with Crippen molar-refractivity contribution >= 4 is 11.6 Å². The maximum atomic E-state index is 14.0. The Morgan fingerprint density at radius 3 is 2.61 bits per heavy atom. The van der Waals surface area contributed by atoms with Gasteiger partial charge < -0.3 is 14.8 Å². The Balaban J connectivity index is 1.60. The maximum Gasteiger partial charge on any atom is 0.276 e. The van der Waals surface area contributed by atoms with Gasteiger partial charge in [0.2, 0.25) is 0 Å². The van der Waals surface area contributed by atoms with Gasteiger partial charge in [0.1, 0.15) is 18.7 Å². The molecule has 174 valence electrons. The summed E-state index contributed by atoms with van der Waals surface area (Å²) >= 11 is 0. The molecule has 33 heavy (non-hydrogen) atoms. The normalized spacial score (nSPS) is 14.3. The molecule has 0 unspecified atom stereocenters. The van der Waals surface area contributed by atoms with E-state index in [1.165, 1.54) is 18.1 Å². The number of halogens is 1. The Morgan fingerprint density at radius 1 is 1.21 bits per heavy atom. The lowest BCUT2D eigenvalue weighted by Gasteiger charge is -2.26. The van der Waals surface area contributed by atoms with Crippen molar-refractivity contribution in [3.8, 4) is 16.9 Å². The SMILES string of the molecule is Cc1ncnc(C)c1-c1cc(NC(=O)c2c(F)cnn2C)ccc1OCCN1CCOCC1. The lowest BCUT2D eigenvalue weighted by molar-refractivity contribution is 0.0323. The zero-order chi connectivity index (χ0) is 23.4. The summed E-state index contributed by atoms with van der Waals surface area (Å²) in [5.74, 6) is -0.604. The molecule has 10 heteroatoms. The van der Waals surface area contributed by atoms with Crippen LogP contribution in [0.4, 0.5) is 10.1 Å². The van der Waals surface area contributed by atoms with E-state index in [0.717, 1.165) is 61.6 Å². The van der Waals surface area contributed by atoms with Crippen molar-refractivity contribution in [2.45, 2.75) is 13.8 Å². The molecule has 1 aromatic carbocycles. The van der Waals surface area contributed by atoms with Crippen molar-refractivity contribution in [2.75, 3.05) is 44.8 Å². The van der Waals surface area contributed by atoms with Crippen LogP contribution in [-0.4, -0.2) is 70.0 Å². The van der Waals surface area contributed by atoms with Crippen LogP contribution in [0.3, 0.4) is 0 Å². The lowest BCUT2D eigenvalue weighted by Crippen LogP contribution is -2.38. The molecule has 1 amide bonds. The Hall–Kier alpha value is -3.37. The maximum absolute atomic E-state index is 14.0. The van der Waals surface area contributed by atoms with E-state index >= 15 is 0 Å². The monoisotopic (exact) mass is 454 g/mol. The van der Waals surface area contributed by atoms with E-state index in [2.05, 4.69) is 25.3 Å².